The Bertz CT molecular complexity index is 757. The minimum Gasteiger partial charge on any atom is -0.355 e. The number of amides is 1. The Morgan fingerprint density at radius 3 is 2.65 bits per heavy atom. The minimum absolute atomic E-state index is 0.0311. The molecule has 0 saturated carbocycles. The van der Waals surface area contributed by atoms with Crippen LogP contribution in [0.3, 0.4) is 0 Å². The molecule has 2 atom stereocenters. The van der Waals surface area contributed by atoms with Crippen LogP contribution in [0.1, 0.15) is 40.2 Å². The van der Waals surface area contributed by atoms with Crippen LogP contribution in [0.2, 0.25) is 0 Å². The van der Waals surface area contributed by atoms with E-state index in [1.165, 1.54) is 11.8 Å². The van der Waals surface area contributed by atoms with Crippen LogP contribution in [0.15, 0.2) is 34.2 Å². The molecule has 0 saturated heterocycles. The summed E-state index contributed by atoms with van der Waals surface area (Å²) in [6.45, 7) is 8.34. The molecule has 0 spiro atoms. The number of benzene rings is 1. The first-order valence-electron chi connectivity index (χ1n) is 7.95. The fourth-order valence-electron chi connectivity index (χ4n) is 2.31. The molecule has 0 aliphatic carbocycles. The topological polar surface area (TPSA) is 64.0 Å². The molecule has 1 aromatic heterocycles. The number of hydrogen-bond donors (Lipinski definition) is 1. The van der Waals surface area contributed by atoms with E-state index in [4.69, 9.17) is 0 Å². The molecule has 23 heavy (non-hydrogen) atoms. The maximum absolute atomic E-state index is 12.8. The van der Waals surface area contributed by atoms with Gasteiger partial charge >= 0.3 is 0 Å². The number of rotatable bonds is 6. The third kappa shape index (κ3) is 3.75. The molecule has 1 aromatic carbocycles. The third-order valence-electron chi connectivity index (χ3n) is 3.81. The third-order valence-corrected chi connectivity index (χ3v) is 4.88. The van der Waals surface area contributed by atoms with E-state index in [-0.39, 0.29) is 22.8 Å². The first kappa shape index (κ1) is 17.5. The first-order chi connectivity index (χ1) is 11.0. The van der Waals surface area contributed by atoms with Gasteiger partial charge in [-0.25, -0.2) is 4.98 Å². The van der Waals surface area contributed by atoms with Gasteiger partial charge in [-0.05, 0) is 39.3 Å². The van der Waals surface area contributed by atoms with Crippen LogP contribution in [0.5, 0.6) is 0 Å². The highest BCUT2D eigenvalue weighted by atomic mass is 32.2. The number of thioether (sulfide) groups is 1. The lowest BCUT2D eigenvalue weighted by molar-refractivity contribution is -0.120. The lowest BCUT2D eigenvalue weighted by Crippen LogP contribution is -2.32. The van der Waals surface area contributed by atoms with E-state index in [1.54, 1.807) is 10.6 Å². The fourth-order valence-corrected chi connectivity index (χ4v) is 3.34. The smallest absolute Gasteiger partial charge is 0.262 e. The van der Waals surface area contributed by atoms with Crippen LogP contribution < -0.4 is 10.9 Å². The van der Waals surface area contributed by atoms with E-state index in [2.05, 4.69) is 10.3 Å². The summed E-state index contributed by atoms with van der Waals surface area (Å²) in [5, 5.41) is 3.71. The van der Waals surface area contributed by atoms with Crippen molar-refractivity contribution in [2.45, 2.75) is 50.6 Å². The Morgan fingerprint density at radius 1 is 1.30 bits per heavy atom. The average molecular weight is 333 g/mol. The number of carbonyl (C=O) groups excluding carboxylic acids is 1. The van der Waals surface area contributed by atoms with Crippen molar-refractivity contribution in [3.05, 3.63) is 34.6 Å². The van der Waals surface area contributed by atoms with E-state index in [0.29, 0.717) is 22.6 Å². The molecule has 2 rings (SSSR count). The van der Waals surface area contributed by atoms with Gasteiger partial charge in [0.1, 0.15) is 0 Å². The van der Waals surface area contributed by atoms with E-state index in [9.17, 15) is 9.59 Å². The molecule has 0 unspecified atom stereocenters. The summed E-state index contributed by atoms with van der Waals surface area (Å²) in [5.74, 6) is -0.0457. The summed E-state index contributed by atoms with van der Waals surface area (Å²) in [4.78, 5) is 29.5. The van der Waals surface area contributed by atoms with Gasteiger partial charge in [0.2, 0.25) is 5.91 Å². The molecule has 0 fully saturated rings. The van der Waals surface area contributed by atoms with Gasteiger partial charge in [0, 0.05) is 12.6 Å². The Labute approximate surface area is 140 Å². The van der Waals surface area contributed by atoms with Crippen molar-refractivity contribution >= 4 is 28.6 Å². The minimum atomic E-state index is -0.307. The van der Waals surface area contributed by atoms with Crippen LogP contribution >= 0.6 is 11.8 Å². The SMILES string of the molecule is CCNC(=O)[C@H](C)Sc1nc2ccccc2c(=O)n1[C@@H](C)CC. The molecular weight excluding hydrogens is 310 g/mol. The number of para-hydroxylation sites is 1. The Kier molecular flexibility index (Phi) is 5.82. The molecule has 6 heteroatoms. The van der Waals surface area contributed by atoms with Crippen molar-refractivity contribution in [1.29, 1.82) is 0 Å². The van der Waals surface area contributed by atoms with Gasteiger partial charge in [-0.2, -0.15) is 0 Å². The second-order valence-corrected chi connectivity index (χ2v) is 6.81. The van der Waals surface area contributed by atoms with Crippen molar-refractivity contribution in [2.75, 3.05) is 6.54 Å². The number of nitrogens with zero attached hydrogens (tertiary/aromatic N) is 2. The average Bonchev–Trinajstić information content (AvgIpc) is 2.54. The molecule has 1 amide bonds. The van der Waals surface area contributed by atoms with Crippen LogP contribution in [-0.2, 0) is 4.79 Å². The summed E-state index contributed by atoms with van der Waals surface area (Å²) in [5.41, 5.74) is 0.623. The molecule has 2 aromatic rings. The van der Waals surface area contributed by atoms with Gasteiger partial charge in [-0.1, -0.05) is 30.8 Å². The van der Waals surface area contributed by atoms with Gasteiger partial charge in [0.15, 0.2) is 5.16 Å². The van der Waals surface area contributed by atoms with Crippen molar-refractivity contribution < 1.29 is 4.79 Å². The molecule has 0 bridgehead atoms. The highest BCUT2D eigenvalue weighted by Crippen LogP contribution is 2.25. The van der Waals surface area contributed by atoms with Crippen molar-refractivity contribution in [3.63, 3.8) is 0 Å². The Hall–Kier alpha value is -1.82. The molecule has 0 aliphatic heterocycles. The standard InChI is InChI=1S/C17H23N3O2S/c1-5-11(3)20-16(22)13-9-7-8-10-14(13)19-17(20)23-12(4)15(21)18-6-2/h7-12H,5-6H2,1-4H3,(H,18,21)/t11-,12-/m0/s1. The van der Waals surface area contributed by atoms with Gasteiger partial charge in [-0.15, -0.1) is 0 Å². The molecular formula is C17H23N3O2S. The van der Waals surface area contributed by atoms with E-state index >= 15 is 0 Å². The summed E-state index contributed by atoms with van der Waals surface area (Å²) >= 11 is 1.33. The van der Waals surface area contributed by atoms with Crippen LogP contribution in [-0.4, -0.2) is 27.3 Å². The lowest BCUT2D eigenvalue weighted by atomic mass is 10.2. The van der Waals surface area contributed by atoms with Crippen LogP contribution in [0, 0.1) is 0 Å². The van der Waals surface area contributed by atoms with Crippen molar-refractivity contribution in [1.82, 2.24) is 14.9 Å². The zero-order chi connectivity index (χ0) is 17.0. The second kappa shape index (κ2) is 7.64. The maximum atomic E-state index is 12.8. The normalized spacial score (nSPS) is 13.7. The Balaban J connectivity index is 2.52. The predicted molar refractivity (Wildman–Crippen MR) is 95.0 cm³/mol. The molecule has 1 heterocycles. The maximum Gasteiger partial charge on any atom is 0.262 e. The zero-order valence-electron chi connectivity index (χ0n) is 14.0. The number of nitrogens with one attached hydrogen (secondary N) is 1. The highest BCUT2D eigenvalue weighted by Gasteiger charge is 2.20. The number of carbonyl (C=O) groups is 1. The van der Waals surface area contributed by atoms with E-state index < -0.39 is 0 Å². The largest absolute Gasteiger partial charge is 0.355 e. The lowest BCUT2D eigenvalue weighted by Gasteiger charge is -2.20. The molecule has 0 aliphatic rings. The van der Waals surface area contributed by atoms with Gasteiger partial charge in [0.05, 0.1) is 16.2 Å². The van der Waals surface area contributed by atoms with Gasteiger partial charge in [0.25, 0.3) is 5.56 Å². The first-order valence-corrected chi connectivity index (χ1v) is 8.83. The Morgan fingerprint density at radius 2 is 2.00 bits per heavy atom. The summed E-state index contributed by atoms with van der Waals surface area (Å²) in [6.07, 6.45) is 0.822. The van der Waals surface area contributed by atoms with Crippen molar-refractivity contribution in [3.8, 4) is 0 Å². The highest BCUT2D eigenvalue weighted by molar-refractivity contribution is 8.00. The fraction of sp³-hybridized carbons (Fsp3) is 0.471. The van der Waals surface area contributed by atoms with E-state index in [0.717, 1.165) is 6.42 Å². The number of fused-ring (bicyclic) bond motifs is 1. The predicted octanol–water partition coefficient (Wildman–Crippen LogP) is 2.98. The zero-order valence-corrected chi connectivity index (χ0v) is 14.8. The number of aromatic nitrogens is 2. The van der Waals surface area contributed by atoms with Crippen molar-refractivity contribution in [2.24, 2.45) is 0 Å². The molecule has 1 N–H and O–H groups in total. The number of hydrogen-bond acceptors (Lipinski definition) is 4. The molecule has 124 valence electrons. The quantitative estimate of drug-likeness (QED) is 0.652. The monoisotopic (exact) mass is 333 g/mol. The molecule has 0 radical (unpaired) electrons. The van der Waals surface area contributed by atoms with E-state index in [1.807, 2.05) is 45.9 Å². The van der Waals surface area contributed by atoms with Crippen LogP contribution in [0.4, 0.5) is 0 Å². The summed E-state index contributed by atoms with van der Waals surface area (Å²) in [6, 6.07) is 7.37. The van der Waals surface area contributed by atoms with Crippen LogP contribution in [0.25, 0.3) is 10.9 Å². The summed E-state index contributed by atoms with van der Waals surface area (Å²) in [7, 11) is 0. The van der Waals surface area contributed by atoms with Gasteiger partial charge in [-0.3, -0.25) is 14.2 Å². The van der Waals surface area contributed by atoms with Gasteiger partial charge < -0.3 is 5.32 Å². The second-order valence-electron chi connectivity index (χ2n) is 5.50. The summed E-state index contributed by atoms with van der Waals surface area (Å²) < 4.78 is 1.71. The molecule has 5 nitrogen and oxygen atoms in total.